The summed E-state index contributed by atoms with van der Waals surface area (Å²) in [4.78, 5) is 35.7. The number of amides is 2. The first-order valence-electron chi connectivity index (χ1n) is 9.08. The summed E-state index contributed by atoms with van der Waals surface area (Å²) in [6, 6.07) is 0. The first kappa shape index (κ1) is 24.2. The average molecular weight is 419 g/mol. The molecule has 0 atom stereocenters. The molecule has 160 valence electrons. The third-order valence-electron chi connectivity index (χ3n) is 4.91. The van der Waals surface area contributed by atoms with E-state index >= 15 is 0 Å². The molecule has 0 aliphatic carbocycles. The van der Waals surface area contributed by atoms with Crippen LogP contribution in [-0.2, 0) is 33.7 Å². The normalized spacial score (nSPS) is 16.3. The predicted molar refractivity (Wildman–Crippen MR) is 103 cm³/mol. The fourth-order valence-electron chi connectivity index (χ4n) is 2.62. The van der Waals surface area contributed by atoms with Gasteiger partial charge >= 0.3 is 5.97 Å². The lowest BCUT2D eigenvalue weighted by molar-refractivity contribution is -0.142. The van der Waals surface area contributed by atoms with Gasteiger partial charge in [-0.3, -0.25) is 19.7 Å². The summed E-state index contributed by atoms with van der Waals surface area (Å²) >= 11 is 0. The quantitative estimate of drug-likeness (QED) is 0.443. The van der Waals surface area contributed by atoms with Crippen LogP contribution < -0.4 is 5.32 Å². The Balaban J connectivity index is 2.75. The van der Waals surface area contributed by atoms with E-state index in [1.807, 2.05) is 0 Å². The highest BCUT2D eigenvalue weighted by atomic mass is 32.2. The number of ether oxygens (including phenoxy) is 2. The standard InChI is InChI=1S/C18H30N2O7S/c1-12(21)27-11-17(2,3)14(19)10-15(22)20-16(23)18(4,5)28(24,25)13-6-8-26-9-7-13/h13,19H,6-11H2,1-5H3,(H,20,22,23). The van der Waals surface area contributed by atoms with E-state index in [4.69, 9.17) is 14.9 Å². The second-order valence-electron chi connectivity index (χ2n) is 8.06. The van der Waals surface area contributed by atoms with Gasteiger partial charge in [0, 0.05) is 31.3 Å². The van der Waals surface area contributed by atoms with E-state index in [0.29, 0.717) is 26.1 Å². The summed E-state index contributed by atoms with van der Waals surface area (Å²) in [5.41, 5.74) is -0.931. The first-order valence-corrected chi connectivity index (χ1v) is 10.6. The molecule has 1 aliphatic rings. The number of rotatable bonds is 8. The molecule has 1 fully saturated rings. The lowest BCUT2D eigenvalue weighted by Gasteiger charge is -2.31. The number of imide groups is 1. The van der Waals surface area contributed by atoms with Gasteiger partial charge in [0.1, 0.15) is 11.4 Å². The van der Waals surface area contributed by atoms with Gasteiger partial charge in [-0.15, -0.1) is 0 Å². The van der Waals surface area contributed by atoms with Crippen molar-refractivity contribution in [3.8, 4) is 0 Å². The second kappa shape index (κ2) is 9.13. The molecule has 10 heteroatoms. The summed E-state index contributed by atoms with van der Waals surface area (Å²) in [6.07, 6.45) is 0.206. The van der Waals surface area contributed by atoms with Crippen molar-refractivity contribution in [2.75, 3.05) is 19.8 Å². The van der Waals surface area contributed by atoms with Gasteiger partial charge < -0.3 is 14.9 Å². The van der Waals surface area contributed by atoms with E-state index in [0.717, 1.165) is 0 Å². The molecular formula is C18H30N2O7S. The van der Waals surface area contributed by atoms with Crippen LogP contribution in [-0.4, -0.2) is 61.7 Å². The Kier molecular flexibility index (Phi) is 7.90. The Morgan fingerprint density at radius 3 is 2.18 bits per heavy atom. The molecule has 0 bridgehead atoms. The van der Waals surface area contributed by atoms with Gasteiger partial charge in [0.15, 0.2) is 9.84 Å². The van der Waals surface area contributed by atoms with Crippen molar-refractivity contribution >= 4 is 33.3 Å². The van der Waals surface area contributed by atoms with Crippen LogP contribution in [0.25, 0.3) is 0 Å². The largest absolute Gasteiger partial charge is 0.465 e. The van der Waals surface area contributed by atoms with Gasteiger partial charge in [-0.05, 0) is 26.7 Å². The average Bonchev–Trinajstić information content (AvgIpc) is 2.60. The van der Waals surface area contributed by atoms with Crippen LogP contribution in [0.1, 0.15) is 53.9 Å². The lowest BCUT2D eigenvalue weighted by Crippen LogP contribution is -2.54. The van der Waals surface area contributed by atoms with Crippen molar-refractivity contribution in [3.63, 3.8) is 0 Å². The maximum atomic E-state index is 12.8. The molecule has 9 nitrogen and oxygen atoms in total. The molecule has 0 aromatic rings. The van der Waals surface area contributed by atoms with Crippen LogP contribution in [0.15, 0.2) is 0 Å². The van der Waals surface area contributed by atoms with Crippen LogP contribution in [0.4, 0.5) is 0 Å². The molecular weight excluding hydrogens is 388 g/mol. The molecule has 0 aromatic heterocycles. The van der Waals surface area contributed by atoms with Crippen molar-refractivity contribution in [1.29, 1.82) is 5.41 Å². The predicted octanol–water partition coefficient (Wildman–Crippen LogP) is 1.00. The van der Waals surface area contributed by atoms with Crippen molar-refractivity contribution < 1.29 is 32.3 Å². The third-order valence-corrected chi connectivity index (χ3v) is 7.87. The monoisotopic (exact) mass is 418 g/mol. The van der Waals surface area contributed by atoms with Gasteiger partial charge in [0.2, 0.25) is 11.8 Å². The SMILES string of the molecule is CC(=O)OCC(C)(C)C(=N)CC(=O)NC(=O)C(C)(C)S(=O)(=O)C1CCOCC1. The molecule has 0 radical (unpaired) electrons. The van der Waals surface area contributed by atoms with E-state index in [1.165, 1.54) is 20.8 Å². The molecule has 0 saturated carbocycles. The minimum atomic E-state index is -3.84. The summed E-state index contributed by atoms with van der Waals surface area (Å²) in [6.45, 7) is 7.61. The molecule has 1 rings (SSSR count). The number of carbonyl (C=O) groups excluding carboxylic acids is 3. The van der Waals surface area contributed by atoms with Crippen LogP contribution in [0, 0.1) is 10.8 Å². The summed E-state index contributed by atoms with van der Waals surface area (Å²) < 4.78 is 34.0. The van der Waals surface area contributed by atoms with Gasteiger partial charge in [0.05, 0.1) is 11.7 Å². The highest BCUT2D eigenvalue weighted by Crippen LogP contribution is 2.28. The third kappa shape index (κ3) is 5.84. The Morgan fingerprint density at radius 1 is 1.14 bits per heavy atom. The van der Waals surface area contributed by atoms with E-state index in [2.05, 4.69) is 5.32 Å². The number of hydrogen-bond donors (Lipinski definition) is 2. The van der Waals surface area contributed by atoms with Crippen LogP contribution in [0.3, 0.4) is 0 Å². The van der Waals surface area contributed by atoms with Crippen molar-refractivity contribution in [3.05, 3.63) is 0 Å². The van der Waals surface area contributed by atoms with E-state index in [-0.39, 0.29) is 12.3 Å². The molecule has 2 N–H and O–H groups in total. The molecule has 1 saturated heterocycles. The van der Waals surface area contributed by atoms with Crippen molar-refractivity contribution in [2.24, 2.45) is 5.41 Å². The molecule has 0 unspecified atom stereocenters. The topological polar surface area (TPSA) is 140 Å². The van der Waals surface area contributed by atoms with E-state index < -0.39 is 49.5 Å². The zero-order valence-electron chi connectivity index (χ0n) is 17.1. The number of sulfone groups is 1. The Morgan fingerprint density at radius 2 is 1.68 bits per heavy atom. The van der Waals surface area contributed by atoms with Crippen molar-refractivity contribution in [2.45, 2.75) is 63.9 Å². The van der Waals surface area contributed by atoms with Gasteiger partial charge in [-0.1, -0.05) is 13.8 Å². The van der Waals surface area contributed by atoms with Crippen LogP contribution in [0.5, 0.6) is 0 Å². The van der Waals surface area contributed by atoms with E-state index in [9.17, 15) is 22.8 Å². The zero-order chi connectivity index (χ0) is 21.8. The highest BCUT2D eigenvalue weighted by molar-refractivity contribution is 7.94. The summed E-state index contributed by atoms with van der Waals surface area (Å²) in [7, 11) is -3.84. The Hall–Kier alpha value is -1.81. The second-order valence-corrected chi connectivity index (χ2v) is 10.8. The van der Waals surface area contributed by atoms with Gasteiger partial charge in [-0.25, -0.2) is 8.42 Å². The summed E-state index contributed by atoms with van der Waals surface area (Å²) in [5, 5.41) is 9.45. The van der Waals surface area contributed by atoms with Crippen LogP contribution in [0.2, 0.25) is 0 Å². The fourth-order valence-corrected chi connectivity index (χ4v) is 4.58. The number of nitrogens with one attached hydrogen (secondary N) is 2. The highest BCUT2D eigenvalue weighted by Gasteiger charge is 2.47. The van der Waals surface area contributed by atoms with Gasteiger partial charge in [-0.2, -0.15) is 0 Å². The number of hydrogen-bond acceptors (Lipinski definition) is 8. The maximum Gasteiger partial charge on any atom is 0.302 e. The fraction of sp³-hybridized carbons (Fsp3) is 0.778. The van der Waals surface area contributed by atoms with E-state index in [1.54, 1.807) is 13.8 Å². The number of carbonyl (C=O) groups is 3. The molecule has 0 spiro atoms. The minimum Gasteiger partial charge on any atom is -0.465 e. The van der Waals surface area contributed by atoms with Crippen LogP contribution >= 0.6 is 0 Å². The first-order chi connectivity index (χ1) is 12.7. The molecule has 28 heavy (non-hydrogen) atoms. The van der Waals surface area contributed by atoms with Gasteiger partial charge in [0.25, 0.3) is 0 Å². The zero-order valence-corrected chi connectivity index (χ0v) is 17.9. The smallest absolute Gasteiger partial charge is 0.302 e. The summed E-state index contributed by atoms with van der Waals surface area (Å²) in [5.74, 6) is -2.20. The maximum absolute atomic E-state index is 12.8. The van der Waals surface area contributed by atoms with Crippen molar-refractivity contribution in [1.82, 2.24) is 5.32 Å². The minimum absolute atomic E-state index is 0.0378. The Labute approximate surface area is 166 Å². The molecule has 1 heterocycles. The lowest BCUT2D eigenvalue weighted by atomic mass is 9.86. The molecule has 1 aliphatic heterocycles. The molecule has 2 amide bonds. The number of esters is 1. The Bertz CT molecular complexity index is 735. The molecule has 0 aromatic carbocycles.